The van der Waals surface area contributed by atoms with Gasteiger partial charge in [-0.2, -0.15) is 0 Å². The molecule has 1 atom stereocenters. The summed E-state index contributed by atoms with van der Waals surface area (Å²) >= 11 is 0. The van der Waals surface area contributed by atoms with Crippen LogP contribution in [0, 0.1) is 0 Å². The average Bonchev–Trinajstić information content (AvgIpc) is 3.12. The van der Waals surface area contributed by atoms with Crippen molar-refractivity contribution in [3.05, 3.63) is 59.2 Å². The molecule has 2 aromatic rings. The highest BCUT2D eigenvalue weighted by molar-refractivity contribution is 6.46. The van der Waals surface area contributed by atoms with E-state index >= 15 is 0 Å². The van der Waals surface area contributed by atoms with Crippen molar-refractivity contribution in [1.82, 2.24) is 4.90 Å². The van der Waals surface area contributed by atoms with E-state index in [1.807, 2.05) is 20.8 Å². The Bertz CT molecular complexity index is 1060. The van der Waals surface area contributed by atoms with Crippen LogP contribution in [0.25, 0.3) is 5.76 Å². The van der Waals surface area contributed by atoms with Crippen molar-refractivity contribution >= 4 is 17.4 Å². The second-order valence-corrected chi connectivity index (χ2v) is 7.93. The zero-order chi connectivity index (χ0) is 25.4. The Labute approximate surface area is 206 Å². The van der Waals surface area contributed by atoms with Crippen molar-refractivity contribution in [3.63, 3.8) is 0 Å². The van der Waals surface area contributed by atoms with E-state index in [1.54, 1.807) is 42.5 Å². The average molecular weight is 484 g/mol. The van der Waals surface area contributed by atoms with Crippen LogP contribution in [0.5, 0.6) is 17.2 Å². The lowest BCUT2D eigenvalue weighted by molar-refractivity contribution is -0.140. The molecule has 8 heteroatoms. The molecule has 2 aromatic carbocycles. The van der Waals surface area contributed by atoms with Gasteiger partial charge >= 0.3 is 0 Å². The second-order valence-electron chi connectivity index (χ2n) is 7.93. The highest BCUT2D eigenvalue weighted by Gasteiger charge is 2.46. The molecule has 1 aliphatic heterocycles. The third-order valence-corrected chi connectivity index (χ3v) is 5.56. The number of Topliss-reactive ketones (excluding diaryl/α,β-unsaturated/α-hetero) is 1. The van der Waals surface area contributed by atoms with Crippen LogP contribution in [0.15, 0.2) is 48.0 Å². The first-order valence-corrected chi connectivity index (χ1v) is 11.9. The van der Waals surface area contributed by atoms with Gasteiger partial charge in [0.05, 0.1) is 38.0 Å². The molecular weight excluding hydrogens is 450 g/mol. The van der Waals surface area contributed by atoms with E-state index in [2.05, 4.69) is 0 Å². The number of hydrogen-bond donors (Lipinski definition) is 1. The van der Waals surface area contributed by atoms with Crippen LogP contribution in [0.1, 0.15) is 44.4 Å². The molecule has 35 heavy (non-hydrogen) atoms. The lowest BCUT2D eigenvalue weighted by Crippen LogP contribution is -2.32. The Hall–Kier alpha value is -3.52. The fraction of sp³-hybridized carbons (Fsp3) is 0.407. The fourth-order valence-electron chi connectivity index (χ4n) is 3.97. The van der Waals surface area contributed by atoms with E-state index in [-0.39, 0.29) is 24.5 Å². The Morgan fingerprint density at radius 1 is 0.914 bits per heavy atom. The van der Waals surface area contributed by atoms with E-state index in [1.165, 1.54) is 12.0 Å². The number of methoxy groups -OCH3 is 1. The SMILES string of the molecule is CCCOc1ccc(/C(O)=C2\C(=O)C(=O)N(CCOC)C2c2ccc(OCC)c(OCC)c2)cc1. The second kappa shape index (κ2) is 12.3. The van der Waals surface area contributed by atoms with E-state index in [0.29, 0.717) is 48.2 Å². The maximum Gasteiger partial charge on any atom is 0.295 e. The predicted molar refractivity (Wildman–Crippen MR) is 132 cm³/mol. The summed E-state index contributed by atoms with van der Waals surface area (Å²) in [5.74, 6) is 0.0387. The number of ketones is 1. The first-order valence-electron chi connectivity index (χ1n) is 11.9. The molecule has 0 radical (unpaired) electrons. The molecule has 188 valence electrons. The minimum absolute atomic E-state index is 0.0138. The van der Waals surface area contributed by atoms with E-state index in [0.717, 1.165) is 6.42 Å². The number of aliphatic hydroxyl groups is 1. The van der Waals surface area contributed by atoms with Gasteiger partial charge in [-0.3, -0.25) is 9.59 Å². The van der Waals surface area contributed by atoms with Gasteiger partial charge in [0, 0.05) is 19.2 Å². The number of aliphatic hydroxyl groups excluding tert-OH is 1. The minimum atomic E-state index is -0.809. The lowest BCUT2D eigenvalue weighted by atomic mass is 9.95. The van der Waals surface area contributed by atoms with Crippen LogP contribution >= 0.6 is 0 Å². The number of nitrogens with zero attached hydrogens (tertiary/aromatic N) is 1. The number of carbonyl (C=O) groups excluding carboxylic acids is 2. The Balaban J connectivity index is 2.10. The van der Waals surface area contributed by atoms with Gasteiger partial charge in [-0.25, -0.2) is 0 Å². The van der Waals surface area contributed by atoms with Gasteiger partial charge in [-0.1, -0.05) is 13.0 Å². The summed E-state index contributed by atoms with van der Waals surface area (Å²) in [4.78, 5) is 27.5. The van der Waals surface area contributed by atoms with E-state index in [9.17, 15) is 14.7 Å². The quantitative estimate of drug-likeness (QED) is 0.273. The highest BCUT2D eigenvalue weighted by atomic mass is 16.5. The molecule has 1 fully saturated rings. The van der Waals surface area contributed by atoms with Crippen molar-refractivity contribution in [2.24, 2.45) is 0 Å². The number of carbonyl (C=O) groups is 2. The van der Waals surface area contributed by atoms with Crippen LogP contribution < -0.4 is 14.2 Å². The van der Waals surface area contributed by atoms with Gasteiger partial charge in [-0.05, 0) is 62.2 Å². The molecule has 1 saturated heterocycles. The zero-order valence-corrected chi connectivity index (χ0v) is 20.7. The molecule has 1 aliphatic rings. The van der Waals surface area contributed by atoms with Crippen LogP contribution in [0.4, 0.5) is 0 Å². The van der Waals surface area contributed by atoms with Crippen molar-refractivity contribution in [1.29, 1.82) is 0 Å². The minimum Gasteiger partial charge on any atom is -0.507 e. The van der Waals surface area contributed by atoms with Crippen molar-refractivity contribution in [2.45, 2.75) is 33.2 Å². The molecular formula is C27H33NO7. The molecule has 0 saturated carbocycles. The van der Waals surface area contributed by atoms with Crippen LogP contribution in [-0.4, -0.2) is 61.8 Å². The molecule has 1 amide bonds. The number of benzene rings is 2. The Morgan fingerprint density at radius 3 is 2.23 bits per heavy atom. The van der Waals surface area contributed by atoms with Gasteiger partial charge < -0.3 is 29.0 Å². The normalized spacial score (nSPS) is 17.0. The number of ether oxygens (including phenoxy) is 4. The highest BCUT2D eigenvalue weighted by Crippen LogP contribution is 2.42. The maximum atomic E-state index is 13.1. The van der Waals surface area contributed by atoms with Gasteiger partial charge in [0.15, 0.2) is 11.5 Å². The number of hydrogen-bond acceptors (Lipinski definition) is 7. The van der Waals surface area contributed by atoms with Gasteiger partial charge in [0.2, 0.25) is 0 Å². The third-order valence-electron chi connectivity index (χ3n) is 5.56. The summed E-state index contributed by atoms with van der Waals surface area (Å²) in [6.07, 6.45) is 0.873. The summed E-state index contributed by atoms with van der Waals surface area (Å²) in [7, 11) is 1.53. The molecule has 1 N–H and O–H groups in total. The molecule has 1 heterocycles. The molecule has 1 unspecified atom stereocenters. The first kappa shape index (κ1) is 26.1. The molecule has 0 aromatic heterocycles. The molecule has 0 bridgehead atoms. The molecule has 0 spiro atoms. The summed E-state index contributed by atoms with van der Waals surface area (Å²) in [5.41, 5.74) is 1.05. The number of amides is 1. The molecule has 0 aliphatic carbocycles. The van der Waals surface area contributed by atoms with Crippen molar-refractivity contribution in [3.8, 4) is 17.2 Å². The summed E-state index contributed by atoms with van der Waals surface area (Å²) < 4.78 is 22.2. The maximum absolute atomic E-state index is 13.1. The smallest absolute Gasteiger partial charge is 0.295 e. The fourth-order valence-corrected chi connectivity index (χ4v) is 3.97. The first-order chi connectivity index (χ1) is 17.0. The van der Waals surface area contributed by atoms with Crippen molar-refractivity contribution in [2.75, 3.05) is 40.1 Å². The number of rotatable bonds is 12. The molecule has 8 nitrogen and oxygen atoms in total. The third kappa shape index (κ3) is 5.77. The van der Waals surface area contributed by atoms with Gasteiger partial charge in [-0.15, -0.1) is 0 Å². The van der Waals surface area contributed by atoms with Crippen LogP contribution in [-0.2, 0) is 14.3 Å². The topological polar surface area (TPSA) is 94.5 Å². The van der Waals surface area contributed by atoms with Gasteiger partial charge in [0.25, 0.3) is 11.7 Å². The summed E-state index contributed by atoms with van der Waals surface area (Å²) in [6, 6.07) is 11.3. The zero-order valence-electron chi connectivity index (χ0n) is 20.7. The standard InChI is InChI=1S/C27H33NO7/c1-5-15-35-20-11-8-18(9-12-20)25(29)23-24(28(14-16-32-4)27(31)26(23)30)19-10-13-21(33-6-2)22(17-19)34-7-3/h8-13,17,24,29H,5-7,14-16H2,1-4H3/b25-23+. The van der Waals surface area contributed by atoms with E-state index < -0.39 is 17.7 Å². The predicted octanol–water partition coefficient (Wildman–Crippen LogP) is 4.34. The Morgan fingerprint density at radius 2 is 1.60 bits per heavy atom. The monoisotopic (exact) mass is 483 g/mol. The number of likely N-dealkylation sites (tertiary alicyclic amines) is 1. The largest absolute Gasteiger partial charge is 0.507 e. The Kier molecular flexibility index (Phi) is 9.14. The lowest BCUT2D eigenvalue weighted by Gasteiger charge is -2.26. The molecule has 3 rings (SSSR count). The van der Waals surface area contributed by atoms with Crippen LogP contribution in [0.2, 0.25) is 0 Å². The van der Waals surface area contributed by atoms with Gasteiger partial charge in [0.1, 0.15) is 11.5 Å². The summed E-state index contributed by atoms with van der Waals surface area (Å²) in [5, 5.41) is 11.2. The van der Waals surface area contributed by atoms with E-state index in [4.69, 9.17) is 18.9 Å². The summed E-state index contributed by atoms with van der Waals surface area (Å²) in [6.45, 7) is 7.63. The van der Waals surface area contributed by atoms with Crippen LogP contribution in [0.3, 0.4) is 0 Å². The van der Waals surface area contributed by atoms with Crippen molar-refractivity contribution < 1.29 is 33.6 Å².